The van der Waals surface area contributed by atoms with E-state index in [1.807, 2.05) is 0 Å². The summed E-state index contributed by atoms with van der Waals surface area (Å²) in [4.78, 5) is 2.39. The minimum atomic E-state index is 0.855. The molecule has 0 aliphatic rings. The molecule has 0 saturated heterocycles. The third-order valence-electron chi connectivity index (χ3n) is 13.2. The highest BCUT2D eigenvalue weighted by molar-refractivity contribution is 6.14. The molecule has 3 heteroatoms. The lowest BCUT2D eigenvalue weighted by Gasteiger charge is -2.28. The van der Waals surface area contributed by atoms with Crippen molar-refractivity contribution in [2.24, 2.45) is 0 Å². The van der Waals surface area contributed by atoms with E-state index in [2.05, 4.69) is 252 Å². The monoisotopic (exact) mass is 828 g/mol. The number of nitrogens with zero attached hydrogens (tertiary/aromatic N) is 2. The summed E-state index contributed by atoms with van der Waals surface area (Å²) in [6.45, 7) is 0. The summed E-state index contributed by atoms with van der Waals surface area (Å²) in [5.41, 5.74) is 15.1. The number of rotatable bonds is 7. The second-order valence-electron chi connectivity index (χ2n) is 16.9. The Morgan fingerprint density at radius 2 is 0.923 bits per heavy atom. The molecule has 13 aromatic rings. The van der Waals surface area contributed by atoms with E-state index in [9.17, 15) is 0 Å². The first-order valence-corrected chi connectivity index (χ1v) is 22.2. The molecule has 0 unspecified atom stereocenters. The van der Waals surface area contributed by atoms with Gasteiger partial charge < -0.3 is 13.9 Å². The van der Waals surface area contributed by atoms with Gasteiger partial charge in [0, 0.05) is 44.2 Å². The fourth-order valence-electron chi connectivity index (χ4n) is 10.1. The molecule has 2 aromatic heterocycles. The van der Waals surface area contributed by atoms with Gasteiger partial charge in [0.15, 0.2) is 0 Å². The van der Waals surface area contributed by atoms with Crippen LogP contribution in [0.3, 0.4) is 0 Å². The van der Waals surface area contributed by atoms with Gasteiger partial charge in [-0.1, -0.05) is 170 Å². The van der Waals surface area contributed by atoms with Crippen molar-refractivity contribution in [3.8, 4) is 39.1 Å². The molecule has 2 heterocycles. The highest BCUT2D eigenvalue weighted by atomic mass is 16.3. The average Bonchev–Trinajstić information content (AvgIpc) is 3.92. The normalized spacial score (nSPS) is 11.7. The van der Waals surface area contributed by atoms with Gasteiger partial charge in [0.1, 0.15) is 11.2 Å². The van der Waals surface area contributed by atoms with Gasteiger partial charge in [-0.15, -0.1) is 0 Å². The first-order valence-electron chi connectivity index (χ1n) is 22.2. The van der Waals surface area contributed by atoms with Crippen LogP contribution in [0.15, 0.2) is 247 Å². The minimum Gasteiger partial charge on any atom is -0.455 e. The maximum atomic E-state index is 6.97. The lowest BCUT2D eigenvalue weighted by atomic mass is 9.96. The van der Waals surface area contributed by atoms with Gasteiger partial charge in [0.05, 0.1) is 16.7 Å². The molecule has 0 amide bonds. The van der Waals surface area contributed by atoms with E-state index in [4.69, 9.17) is 4.42 Å². The number of hydrogen-bond donors (Lipinski definition) is 0. The highest BCUT2D eigenvalue weighted by Gasteiger charge is 2.24. The Labute approximate surface area is 376 Å². The number of para-hydroxylation sites is 3. The predicted octanol–water partition coefficient (Wildman–Crippen LogP) is 17.5. The number of aromatic nitrogens is 1. The van der Waals surface area contributed by atoms with Crippen LogP contribution in [0.5, 0.6) is 0 Å². The fraction of sp³-hybridized carbons (Fsp3) is 0. The van der Waals surface area contributed by atoms with Crippen molar-refractivity contribution in [3.05, 3.63) is 243 Å². The zero-order valence-corrected chi connectivity index (χ0v) is 35.4. The fourth-order valence-corrected chi connectivity index (χ4v) is 10.1. The summed E-state index contributed by atoms with van der Waals surface area (Å²) in [5, 5.41) is 9.59. The second-order valence-corrected chi connectivity index (χ2v) is 16.9. The zero-order valence-electron chi connectivity index (χ0n) is 35.4. The van der Waals surface area contributed by atoms with Crippen molar-refractivity contribution in [2.75, 3.05) is 4.90 Å². The molecule has 0 saturated carbocycles. The maximum absolute atomic E-state index is 6.97. The van der Waals surface area contributed by atoms with E-state index < -0.39 is 0 Å². The van der Waals surface area contributed by atoms with E-state index in [-0.39, 0.29) is 0 Å². The van der Waals surface area contributed by atoms with Crippen molar-refractivity contribution < 1.29 is 4.42 Å². The number of benzene rings is 11. The molecule has 0 atom stereocenters. The van der Waals surface area contributed by atoms with E-state index in [0.717, 1.165) is 61.4 Å². The standard InChI is InChI=1S/C62H40N2O/c1-2-15-45-39-46(28-27-41(45)13-1)42-29-33-48(34-30-42)63(49-35-31-44(32-36-49)52-23-12-16-43-14-3-4-19-51(43)52)59-38-37-56-55-22-7-10-26-60(55)65-62(56)61(59)47-17-11-18-50(40-47)64-57-24-8-5-20-53(57)54-21-6-9-25-58(54)64/h1-40H. The SMILES string of the molecule is c1cc(-c2c(N(c3ccc(-c4ccc5ccccc5c4)cc3)c3ccc(-c4cccc5ccccc45)cc3)ccc3c2oc2ccccc23)cc(-n2c3ccccc3c3ccccc32)c1. The maximum Gasteiger partial charge on any atom is 0.145 e. The third kappa shape index (κ3) is 6.12. The average molecular weight is 829 g/mol. The molecule has 3 nitrogen and oxygen atoms in total. The molecule has 65 heavy (non-hydrogen) atoms. The molecule has 0 N–H and O–H groups in total. The number of fused-ring (bicyclic) bond motifs is 8. The first kappa shape index (κ1) is 36.9. The summed E-state index contributed by atoms with van der Waals surface area (Å²) in [5.74, 6) is 0. The molecule has 0 aliphatic carbocycles. The lowest BCUT2D eigenvalue weighted by molar-refractivity contribution is 0.670. The molecular formula is C62H40N2O. The Morgan fingerprint density at radius 3 is 1.68 bits per heavy atom. The largest absolute Gasteiger partial charge is 0.455 e. The topological polar surface area (TPSA) is 21.3 Å². The molecule has 13 rings (SSSR count). The van der Waals surface area contributed by atoms with E-state index in [1.165, 1.54) is 60.0 Å². The second kappa shape index (κ2) is 15.0. The van der Waals surface area contributed by atoms with E-state index in [1.54, 1.807) is 0 Å². The molecule has 11 aromatic carbocycles. The van der Waals surface area contributed by atoms with Gasteiger partial charge >= 0.3 is 0 Å². The van der Waals surface area contributed by atoms with Crippen molar-refractivity contribution in [1.82, 2.24) is 4.57 Å². The minimum absolute atomic E-state index is 0.855. The van der Waals surface area contributed by atoms with E-state index >= 15 is 0 Å². The van der Waals surface area contributed by atoms with Crippen LogP contribution in [-0.4, -0.2) is 4.57 Å². The Balaban J connectivity index is 1.03. The first-order chi connectivity index (χ1) is 32.2. The van der Waals surface area contributed by atoms with Gasteiger partial charge in [-0.25, -0.2) is 0 Å². The third-order valence-corrected chi connectivity index (χ3v) is 13.2. The predicted molar refractivity (Wildman–Crippen MR) is 274 cm³/mol. The smallest absolute Gasteiger partial charge is 0.145 e. The van der Waals surface area contributed by atoms with Gasteiger partial charge in [-0.2, -0.15) is 0 Å². The molecule has 0 spiro atoms. The Morgan fingerprint density at radius 1 is 0.338 bits per heavy atom. The molecule has 0 fully saturated rings. The Hall–Kier alpha value is -8.66. The van der Waals surface area contributed by atoms with Crippen LogP contribution in [0.4, 0.5) is 17.1 Å². The van der Waals surface area contributed by atoms with Crippen LogP contribution >= 0.6 is 0 Å². The summed E-state index contributed by atoms with van der Waals surface area (Å²) in [7, 11) is 0. The van der Waals surface area contributed by atoms with Gasteiger partial charge in [-0.3, -0.25) is 0 Å². The number of anilines is 3. The van der Waals surface area contributed by atoms with Crippen LogP contribution in [0.25, 0.3) is 104 Å². The van der Waals surface area contributed by atoms with Gasteiger partial charge in [0.2, 0.25) is 0 Å². The quantitative estimate of drug-likeness (QED) is 0.160. The molecule has 0 aliphatic heterocycles. The molecule has 304 valence electrons. The van der Waals surface area contributed by atoms with Crippen molar-refractivity contribution in [1.29, 1.82) is 0 Å². The van der Waals surface area contributed by atoms with Crippen LogP contribution in [0.1, 0.15) is 0 Å². The molecule has 0 radical (unpaired) electrons. The van der Waals surface area contributed by atoms with Crippen molar-refractivity contribution in [3.63, 3.8) is 0 Å². The highest BCUT2D eigenvalue weighted by Crippen LogP contribution is 2.48. The lowest BCUT2D eigenvalue weighted by Crippen LogP contribution is -2.11. The van der Waals surface area contributed by atoms with Crippen molar-refractivity contribution in [2.45, 2.75) is 0 Å². The summed E-state index contributed by atoms with van der Waals surface area (Å²) >= 11 is 0. The van der Waals surface area contributed by atoms with Crippen LogP contribution in [0.2, 0.25) is 0 Å². The van der Waals surface area contributed by atoms with Crippen LogP contribution in [0, 0.1) is 0 Å². The summed E-state index contributed by atoms with van der Waals surface area (Å²) in [6, 6.07) is 87.7. The van der Waals surface area contributed by atoms with E-state index in [0.29, 0.717) is 0 Å². The molecular weight excluding hydrogens is 789 g/mol. The Kier molecular flexibility index (Phi) is 8.53. The summed E-state index contributed by atoms with van der Waals surface area (Å²) in [6.07, 6.45) is 0. The Bertz CT molecular complexity index is 3890. The van der Waals surface area contributed by atoms with Crippen molar-refractivity contribution >= 4 is 82.4 Å². The van der Waals surface area contributed by atoms with Crippen LogP contribution in [-0.2, 0) is 0 Å². The number of furan rings is 1. The zero-order chi connectivity index (χ0) is 42.8. The summed E-state index contributed by atoms with van der Waals surface area (Å²) < 4.78 is 9.36. The van der Waals surface area contributed by atoms with Gasteiger partial charge in [-0.05, 0) is 122 Å². The number of hydrogen-bond acceptors (Lipinski definition) is 2. The van der Waals surface area contributed by atoms with Gasteiger partial charge in [0.25, 0.3) is 0 Å². The molecule has 0 bridgehead atoms. The van der Waals surface area contributed by atoms with Crippen LogP contribution < -0.4 is 4.90 Å².